The van der Waals surface area contributed by atoms with E-state index >= 15 is 0 Å². The standard InChI is InChI=1S/C15H20N4O2/c1-11(2)19-9-13(8-17-19)18-15(20)10-21-14-6-4-3-5-12(14)7-16/h3-6,8-9,11H,7,10,16H2,1-2H3,(H,18,20). The van der Waals surface area contributed by atoms with E-state index in [1.54, 1.807) is 23.1 Å². The number of carbonyl (C=O) groups excluding carboxylic acids is 1. The molecule has 0 radical (unpaired) electrons. The van der Waals surface area contributed by atoms with E-state index in [0.717, 1.165) is 5.56 Å². The molecule has 2 rings (SSSR count). The van der Waals surface area contributed by atoms with Crippen LogP contribution < -0.4 is 15.8 Å². The maximum Gasteiger partial charge on any atom is 0.262 e. The first-order valence-electron chi connectivity index (χ1n) is 6.85. The second-order valence-electron chi connectivity index (χ2n) is 4.95. The summed E-state index contributed by atoms with van der Waals surface area (Å²) in [7, 11) is 0. The summed E-state index contributed by atoms with van der Waals surface area (Å²) in [6, 6.07) is 7.66. The lowest BCUT2D eigenvalue weighted by molar-refractivity contribution is -0.118. The smallest absolute Gasteiger partial charge is 0.262 e. The summed E-state index contributed by atoms with van der Waals surface area (Å²) in [6.07, 6.45) is 3.40. The number of hydrogen-bond donors (Lipinski definition) is 2. The summed E-state index contributed by atoms with van der Waals surface area (Å²) < 4.78 is 7.28. The molecule has 112 valence electrons. The van der Waals surface area contributed by atoms with Gasteiger partial charge in [-0.3, -0.25) is 9.48 Å². The predicted molar refractivity (Wildman–Crippen MR) is 81.1 cm³/mol. The second kappa shape index (κ2) is 6.90. The largest absolute Gasteiger partial charge is 0.483 e. The molecular weight excluding hydrogens is 268 g/mol. The van der Waals surface area contributed by atoms with E-state index in [4.69, 9.17) is 10.5 Å². The van der Waals surface area contributed by atoms with Crippen molar-refractivity contribution in [1.82, 2.24) is 9.78 Å². The van der Waals surface area contributed by atoms with E-state index in [9.17, 15) is 4.79 Å². The van der Waals surface area contributed by atoms with Gasteiger partial charge in [-0.25, -0.2) is 0 Å². The van der Waals surface area contributed by atoms with Crippen LogP contribution in [0.25, 0.3) is 0 Å². The van der Waals surface area contributed by atoms with Crippen LogP contribution in [0.15, 0.2) is 36.7 Å². The second-order valence-corrected chi connectivity index (χ2v) is 4.95. The highest BCUT2D eigenvalue weighted by molar-refractivity contribution is 5.91. The molecule has 6 nitrogen and oxygen atoms in total. The minimum atomic E-state index is -0.231. The Labute approximate surface area is 123 Å². The summed E-state index contributed by atoms with van der Waals surface area (Å²) in [5, 5.41) is 6.91. The van der Waals surface area contributed by atoms with Crippen molar-refractivity contribution in [1.29, 1.82) is 0 Å². The van der Waals surface area contributed by atoms with Crippen LogP contribution in [-0.4, -0.2) is 22.3 Å². The Bertz CT molecular complexity index is 607. The summed E-state index contributed by atoms with van der Waals surface area (Å²) >= 11 is 0. The number of aromatic nitrogens is 2. The Morgan fingerprint density at radius 1 is 1.43 bits per heavy atom. The van der Waals surface area contributed by atoms with Gasteiger partial charge in [0.05, 0.1) is 11.9 Å². The molecule has 1 aromatic heterocycles. The predicted octanol–water partition coefficient (Wildman–Crippen LogP) is 1.94. The molecule has 0 spiro atoms. The van der Waals surface area contributed by atoms with Crippen LogP contribution in [0, 0.1) is 0 Å². The van der Waals surface area contributed by atoms with Crippen molar-refractivity contribution in [2.24, 2.45) is 5.73 Å². The van der Waals surface area contributed by atoms with Gasteiger partial charge in [0, 0.05) is 24.3 Å². The summed E-state index contributed by atoms with van der Waals surface area (Å²) in [5.74, 6) is 0.401. The van der Waals surface area contributed by atoms with Gasteiger partial charge < -0.3 is 15.8 Å². The Balaban J connectivity index is 1.89. The first-order valence-corrected chi connectivity index (χ1v) is 6.85. The Morgan fingerprint density at radius 2 is 2.19 bits per heavy atom. The van der Waals surface area contributed by atoms with Gasteiger partial charge >= 0.3 is 0 Å². The lowest BCUT2D eigenvalue weighted by Gasteiger charge is -2.09. The quantitative estimate of drug-likeness (QED) is 0.851. The van der Waals surface area contributed by atoms with Crippen LogP contribution >= 0.6 is 0 Å². The van der Waals surface area contributed by atoms with E-state index in [2.05, 4.69) is 10.4 Å². The lowest BCUT2D eigenvalue weighted by atomic mass is 10.2. The molecule has 6 heteroatoms. The number of hydrogen-bond acceptors (Lipinski definition) is 4. The third-order valence-electron chi connectivity index (χ3n) is 2.97. The average molecular weight is 288 g/mol. The summed E-state index contributed by atoms with van der Waals surface area (Å²) in [5.41, 5.74) is 7.15. The van der Waals surface area contributed by atoms with Gasteiger partial charge in [0.25, 0.3) is 5.91 Å². The monoisotopic (exact) mass is 288 g/mol. The summed E-state index contributed by atoms with van der Waals surface area (Å²) in [6.45, 7) is 4.35. The van der Waals surface area contributed by atoms with E-state index < -0.39 is 0 Å². The topological polar surface area (TPSA) is 82.2 Å². The van der Waals surface area contributed by atoms with Gasteiger partial charge in [0.2, 0.25) is 0 Å². The fraction of sp³-hybridized carbons (Fsp3) is 0.333. The van der Waals surface area contributed by atoms with E-state index in [1.165, 1.54) is 0 Å². The van der Waals surface area contributed by atoms with Crippen LogP contribution in [0.3, 0.4) is 0 Å². The van der Waals surface area contributed by atoms with Crippen LogP contribution in [0.1, 0.15) is 25.5 Å². The molecule has 0 fully saturated rings. The Hall–Kier alpha value is -2.34. The molecule has 0 aliphatic rings. The van der Waals surface area contributed by atoms with Crippen molar-refractivity contribution in [3.8, 4) is 5.75 Å². The van der Waals surface area contributed by atoms with E-state index in [0.29, 0.717) is 18.0 Å². The van der Waals surface area contributed by atoms with Crippen LogP contribution in [0.4, 0.5) is 5.69 Å². The van der Waals surface area contributed by atoms with Gasteiger partial charge in [0.1, 0.15) is 5.75 Å². The molecule has 1 aromatic carbocycles. The minimum Gasteiger partial charge on any atom is -0.483 e. The normalized spacial score (nSPS) is 10.7. The molecule has 21 heavy (non-hydrogen) atoms. The Kier molecular flexibility index (Phi) is 4.94. The van der Waals surface area contributed by atoms with Gasteiger partial charge in [-0.2, -0.15) is 5.10 Å². The maximum absolute atomic E-state index is 11.9. The molecule has 1 amide bonds. The molecule has 1 heterocycles. The lowest BCUT2D eigenvalue weighted by Crippen LogP contribution is -2.20. The zero-order valence-electron chi connectivity index (χ0n) is 12.2. The zero-order valence-corrected chi connectivity index (χ0v) is 12.2. The SMILES string of the molecule is CC(C)n1cc(NC(=O)COc2ccccc2CN)cn1. The van der Waals surface area contributed by atoms with Crippen LogP contribution in [-0.2, 0) is 11.3 Å². The molecule has 0 aliphatic heterocycles. The van der Waals surface area contributed by atoms with Gasteiger partial charge in [-0.05, 0) is 19.9 Å². The van der Waals surface area contributed by atoms with Crippen molar-refractivity contribution in [2.45, 2.75) is 26.4 Å². The number of benzene rings is 1. The van der Waals surface area contributed by atoms with Gasteiger partial charge in [-0.1, -0.05) is 18.2 Å². The first kappa shape index (κ1) is 15.1. The number of nitrogens with zero attached hydrogens (tertiary/aromatic N) is 2. The average Bonchev–Trinajstić information content (AvgIpc) is 2.94. The molecule has 0 bridgehead atoms. The zero-order chi connectivity index (χ0) is 15.2. The highest BCUT2D eigenvalue weighted by Crippen LogP contribution is 2.17. The summed E-state index contributed by atoms with van der Waals surface area (Å²) in [4.78, 5) is 11.9. The van der Waals surface area contributed by atoms with Crippen LogP contribution in [0.2, 0.25) is 0 Å². The number of para-hydroxylation sites is 1. The van der Waals surface area contributed by atoms with Gasteiger partial charge in [-0.15, -0.1) is 0 Å². The number of nitrogens with one attached hydrogen (secondary N) is 1. The number of anilines is 1. The number of carbonyl (C=O) groups is 1. The molecule has 0 saturated heterocycles. The van der Waals surface area contributed by atoms with Crippen molar-refractivity contribution >= 4 is 11.6 Å². The fourth-order valence-electron chi connectivity index (χ4n) is 1.84. The number of ether oxygens (including phenoxy) is 1. The van der Waals surface area contributed by atoms with E-state index in [1.807, 2.05) is 32.0 Å². The molecule has 0 saturated carbocycles. The molecule has 2 aromatic rings. The maximum atomic E-state index is 11.9. The van der Waals surface area contributed by atoms with Crippen molar-refractivity contribution in [2.75, 3.05) is 11.9 Å². The number of amides is 1. The third-order valence-corrected chi connectivity index (χ3v) is 2.97. The van der Waals surface area contributed by atoms with Crippen molar-refractivity contribution in [3.63, 3.8) is 0 Å². The van der Waals surface area contributed by atoms with Crippen molar-refractivity contribution in [3.05, 3.63) is 42.2 Å². The van der Waals surface area contributed by atoms with Crippen LogP contribution in [0.5, 0.6) is 5.75 Å². The molecule has 3 N–H and O–H groups in total. The van der Waals surface area contributed by atoms with Gasteiger partial charge in [0.15, 0.2) is 6.61 Å². The molecular formula is C15H20N4O2. The molecule has 0 atom stereocenters. The highest BCUT2D eigenvalue weighted by Gasteiger charge is 2.08. The highest BCUT2D eigenvalue weighted by atomic mass is 16.5. The number of rotatable bonds is 6. The third kappa shape index (κ3) is 4.06. The minimum absolute atomic E-state index is 0.0656. The molecule has 0 unspecified atom stereocenters. The Morgan fingerprint density at radius 3 is 2.86 bits per heavy atom. The molecule has 0 aliphatic carbocycles. The van der Waals surface area contributed by atoms with E-state index in [-0.39, 0.29) is 18.6 Å². The fourth-order valence-corrected chi connectivity index (χ4v) is 1.84. The van der Waals surface area contributed by atoms with Crippen molar-refractivity contribution < 1.29 is 9.53 Å². The number of nitrogens with two attached hydrogens (primary N) is 1. The first-order chi connectivity index (χ1) is 10.1.